The normalized spacial score (nSPS) is 11.4. The summed E-state index contributed by atoms with van der Waals surface area (Å²) in [5.41, 5.74) is 2.95. The van der Waals surface area contributed by atoms with Crippen LogP contribution in [0.5, 0.6) is 5.75 Å². The molecule has 0 atom stereocenters. The average Bonchev–Trinajstić information content (AvgIpc) is 2.99. The van der Waals surface area contributed by atoms with E-state index < -0.39 is 9.84 Å². The number of amides is 1. The first-order chi connectivity index (χ1) is 14.7. The van der Waals surface area contributed by atoms with E-state index in [2.05, 4.69) is 5.32 Å². The van der Waals surface area contributed by atoms with Gasteiger partial charge >= 0.3 is 0 Å². The lowest BCUT2D eigenvalue weighted by atomic mass is 10.1. The maximum Gasteiger partial charge on any atom is 0.256 e. The van der Waals surface area contributed by atoms with Crippen LogP contribution in [0, 0.1) is 20.8 Å². The van der Waals surface area contributed by atoms with Crippen LogP contribution in [0.15, 0.2) is 58.3 Å². The number of hydrogen-bond acceptors (Lipinski definition) is 4. The van der Waals surface area contributed by atoms with Crippen molar-refractivity contribution in [2.24, 2.45) is 0 Å². The van der Waals surface area contributed by atoms with Crippen LogP contribution in [0.1, 0.15) is 40.5 Å². The van der Waals surface area contributed by atoms with Crippen molar-refractivity contribution in [3.63, 3.8) is 0 Å². The molecule has 1 aromatic heterocycles. The van der Waals surface area contributed by atoms with Gasteiger partial charge in [0.25, 0.3) is 5.91 Å². The number of methoxy groups -OCH3 is 1. The van der Waals surface area contributed by atoms with Crippen LogP contribution in [0.3, 0.4) is 0 Å². The summed E-state index contributed by atoms with van der Waals surface area (Å²) in [4.78, 5) is 13.2. The molecule has 0 fully saturated rings. The molecule has 164 valence electrons. The zero-order valence-corrected chi connectivity index (χ0v) is 19.3. The van der Waals surface area contributed by atoms with Crippen molar-refractivity contribution < 1.29 is 17.9 Å². The van der Waals surface area contributed by atoms with Gasteiger partial charge in [-0.3, -0.25) is 4.79 Å². The maximum atomic E-state index is 13.6. The van der Waals surface area contributed by atoms with E-state index in [0.717, 1.165) is 17.7 Å². The summed E-state index contributed by atoms with van der Waals surface area (Å²) in [6.07, 6.45) is 0.796. The van der Waals surface area contributed by atoms with Crippen LogP contribution >= 0.6 is 0 Å². The number of anilines is 1. The molecule has 0 aliphatic heterocycles. The SMILES string of the molecule is CCCn1c(C)c(C)c(S(=O)(=O)c2ccc(OC)cc2)c1NC(=O)c1ccc(C)cc1. The fourth-order valence-electron chi connectivity index (χ4n) is 3.55. The molecule has 0 unspecified atom stereocenters. The standard InChI is InChI=1S/C24H28N2O4S/c1-6-15-26-18(4)17(3)22(31(28,29)21-13-11-20(30-5)12-14-21)23(26)25-24(27)19-9-7-16(2)8-10-19/h7-14H,6,15H2,1-5H3,(H,25,27). The number of nitrogens with one attached hydrogen (secondary N) is 1. The van der Waals surface area contributed by atoms with Gasteiger partial charge in [0.05, 0.1) is 12.0 Å². The third-order valence-electron chi connectivity index (χ3n) is 5.40. The lowest BCUT2D eigenvalue weighted by molar-refractivity contribution is 0.102. The number of carbonyl (C=O) groups is 1. The van der Waals surface area contributed by atoms with Crippen molar-refractivity contribution in [1.82, 2.24) is 4.57 Å². The minimum Gasteiger partial charge on any atom is -0.497 e. The smallest absolute Gasteiger partial charge is 0.256 e. The van der Waals surface area contributed by atoms with Crippen molar-refractivity contribution in [3.05, 3.63) is 70.9 Å². The lowest BCUT2D eigenvalue weighted by Crippen LogP contribution is -2.18. The van der Waals surface area contributed by atoms with Gasteiger partial charge in [-0.05, 0) is 69.2 Å². The van der Waals surface area contributed by atoms with Gasteiger partial charge in [0.2, 0.25) is 9.84 Å². The molecule has 0 bridgehead atoms. The van der Waals surface area contributed by atoms with Crippen molar-refractivity contribution in [2.45, 2.75) is 50.5 Å². The van der Waals surface area contributed by atoms with Gasteiger partial charge < -0.3 is 14.6 Å². The zero-order chi connectivity index (χ0) is 22.8. The van der Waals surface area contributed by atoms with Crippen LogP contribution in [0.4, 0.5) is 5.82 Å². The Bertz CT molecular complexity index is 1190. The Balaban J connectivity index is 2.14. The van der Waals surface area contributed by atoms with Crippen molar-refractivity contribution in [3.8, 4) is 5.75 Å². The Morgan fingerprint density at radius 3 is 2.16 bits per heavy atom. The monoisotopic (exact) mass is 440 g/mol. The molecule has 0 saturated carbocycles. The van der Waals surface area contributed by atoms with Crippen molar-refractivity contribution in [2.75, 3.05) is 12.4 Å². The predicted molar refractivity (Wildman–Crippen MR) is 122 cm³/mol. The number of hydrogen-bond donors (Lipinski definition) is 1. The van der Waals surface area contributed by atoms with Gasteiger partial charge in [0.15, 0.2) is 0 Å². The molecule has 0 aliphatic rings. The first kappa shape index (κ1) is 22.6. The number of aryl methyl sites for hydroxylation is 1. The molecule has 0 radical (unpaired) electrons. The van der Waals surface area contributed by atoms with Gasteiger partial charge in [-0.15, -0.1) is 0 Å². The first-order valence-corrected chi connectivity index (χ1v) is 11.7. The largest absolute Gasteiger partial charge is 0.497 e. The molecule has 1 N–H and O–H groups in total. The number of ether oxygens (including phenoxy) is 1. The Kier molecular flexibility index (Phi) is 6.55. The summed E-state index contributed by atoms with van der Waals surface area (Å²) >= 11 is 0. The second-order valence-corrected chi connectivity index (χ2v) is 9.43. The molecular formula is C24H28N2O4S. The van der Waals surface area contributed by atoms with Crippen LogP contribution in [-0.4, -0.2) is 26.0 Å². The van der Waals surface area contributed by atoms with Gasteiger partial charge in [-0.1, -0.05) is 24.6 Å². The Hall–Kier alpha value is -3.06. The Labute approximate surface area is 183 Å². The maximum absolute atomic E-state index is 13.6. The fraction of sp³-hybridized carbons (Fsp3) is 0.292. The number of benzene rings is 2. The minimum atomic E-state index is -3.87. The summed E-state index contributed by atoms with van der Waals surface area (Å²) in [6.45, 7) is 8.20. The van der Waals surface area contributed by atoms with E-state index in [0.29, 0.717) is 29.2 Å². The van der Waals surface area contributed by atoms with Gasteiger partial charge in [-0.25, -0.2) is 8.42 Å². The van der Waals surface area contributed by atoms with Crippen LogP contribution in [0.2, 0.25) is 0 Å². The topological polar surface area (TPSA) is 77.4 Å². The summed E-state index contributed by atoms with van der Waals surface area (Å²) in [5, 5.41) is 2.88. The molecule has 0 saturated heterocycles. The van der Waals surface area contributed by atoms with Crippen LogP contribution < -0.4 is 10.1 Å². The molecule has 1 heterocycles. The summed E-state index contributed by atoms with van der Waals surface area (Å²) in [5.74, 6) is 0.530. The molecule has 6 nitrogen and oxygen atoms in total. The molecule has 0 spiro atoms. The predicted octanol–water partition coefficient (Wildman–Crippen LogP) is 4.92. The second-order valence-electron chi connectivity index (χ2n) is 7.54. The van der Waals surface area contributed by atoms with E-state index in [1.54, 1.807) is 31.2 Å². The van der Waals surface area contributed by atoms with Crippen LogP contribution in [-0.2, 0) is 16.4 Å². The molecule has 2 aromatic carbocycles. The van der Waals surface area contributed by atoms with E-state index in [4.69, 9.17) is 4.74 Å². The molecule has 3 aromatic rings. The molecule has 0 aliphatic carbocycles. The van der Waals surface area contributed by atoms with E-state index in [1.807, 2.05) is 37.5 Å². The van der Waals surface area contributed by atoms with Gasteiger partial charge in [-0.2, -0.15) is 0 Å². The summed E-state index contributed by atoms with van der Waals surface area (Å²) in [6, 6.07) is 13.4. The molecular weight excluding hydrogens is 412 g/mol. The highest BCUT2D eigenvalue weighted by atomic mass is 32.2. The third kappa shape index (κ3) is 4.37. The number of aromatic nitrogens is 1. The van der Waals surface area contributed by atoms with E-state index in [1.165, 1.54) is 19.2 Å². The highest BCUT2D eigenvalue weighted by molar-refractivity contribution is 7.91. The van der Waals surface area contributed by atoms with E-state index in [-0.39, 0.29) is 15.7 Å². The van der Waals surface area contributed by atoms with Gasteiger partial charge in [0, 0.05) is 17.8 Å². The number of sulfone groups is 1. The quantitative estimate of drug-likeness (QED) is 0.566. The van der Waals surface area contributed by atoms with Gasteiger partial charge in [0.1, 0.15) is 16.5 Å². The molecule has 31 heavy (non-hydrogen) atoms. The van der Waals surface area contributed by atoms with E-state index >= 15 is 0 Å². The van der Waals surface area contributed by atoms with Crippen molar-refractivity contribution >= 4 is 21.6 Å². The number of nitrogens with zero attached hydrogens (tertiary/aromatic N) is 1. The summed E-state index contributed by atoms with van der Waals surface area (Å²) in [7, 11) is -2.34. The first-order valence-electron chi connectivity index (χ1n) is 10.2. The highest BCUT2D eigenvalue weighted by Gasteiger charge is 2.30. The second kappa shape index (κ2) is 8.98. The zero-order valence-electron chi connectivity index (χ0n) is 18.5. The average molecular weight is 441 g/mol. The fourth-order valence-corrected chi connectivity index (χ4v) is 5.24. The van der Waals surface area contributed by atoms with E-state index in [9.17, 15) is 13.2 Å². The summed E-state index contributed by atoms with van der Waals surface area (Å²) < 4.78 is 34.2. The Morgan fingerprint density at radius 1 is 1.00 bits per heavy atom. The minimum absolute atomic E-state index is 0.129. The van der Waals surface area contributed by atoms with Crippen molar-refractivity contribution in [1.29, 1.82) is 0 Å². The third-order valence-corrected chi connectivity index (χ3v) is 7.33. The lowest BCUT2D eigenvalue weighted by Gasteiger charge is -2.14. The number of carbonyl (C=O) groups excluding carboxylic acids is 1. The molecule has 1 amide bonds. The number of rotatable bonds is 7. The highest BCUT2D eigenvalue weighted by Crippen LogP contribution is 2.36. The van der Waals surface area contributed by atoms with Crippen LogP contribution in [0.25, 0.3) is 0 Å². The molecule has 3 rings (SSSR count). The molecule has 7 heteroatoms. The Morgan fingerprint density at radius 2 is 1.61 bits per heavy atom.